The highest BCUT2D eigenvalue weighted by molar-refractivity contribution is 5.83. The molecular weight excluding hydrogens is 378 g/mol. The summed E-state index contributed by atoms with van der Waals surface area (Å²) in [5.74, 6) is 2.06. The van der Waals surface area contributed by atoms with Gasteiger partial charge in [-0.15, -0.1) is 0 Å². The number of aromatic nitrogens is 2. The molecule has 1 aliphatic rings. The van der Waals surface area contributed by atoms with Crippen molar-refractivity contribution in [1.29, 1.82) is 0 Å². The standard InChI is InChI=1S/C24H27N3O3/c1-28-22-16-20-18(7-10-25-20)15-23(22)29-14-4-11-27-12-8-17(9-13-27)24-19-5-2-3-6-21(19)30-26-24/h2-3,5-7,10,15-17,25H,4,8-9,11-14H2,1H3. The predicted molar refractivity (Wildman–Crippen MR) is 117 cm³/mol. The first kappa shape index (κ1) is 19.0. The van der Waals surface area contributed by atoms with Gasteiger partial charge in [0.05, 0.1) is 19.4 Å². The Morgan fingerprint density at radius 3 is 2.87 bits per heavy atom. The number of likely N-dealkylation sites (tertiary alicyclic amines) is 1. The number of nitrogens with one attached hydrogen (secondary N) is 1. The first-order valence-electron chi connectivity index (χ1n) is 10.7. The Hall–Kier alpha value is -2.99. The Kier molecular flexibility index (Phi) is 5.32. The average molecular weight is 405 g/mol. The number of hydrogen-bond acceptors (Lipinski definition) is 5. The van der Waals surface area contributed by atoms with Crippen LogP contribution in [0.4, 0.5) is 0 Å². The highest BCUT2D eigenvalue weighted by Gasteiger charge is 2.24. The van der Waals surface area contributed by atoms with E-state index in [-0.39, 0.29) is 0 Å². The van der Waals surface area contributed by atoms with Crippen molar-refractivity contribution in [2.45, 2.75) is 25.2 Å². The van der Waals surface area contributed by atoms with E-state index in [1.54, 1.807) is 7.11 Å². The molecule has 6 heteroatoms. The summed E-state index contributed by atoms with van der Waals surface area (Å²) in [5, 5.41) is 6.66. The number of piperidine rings is 1. The molecule has 5 rings (SSSR count). The van der Waals surface area contributed by atoms with Crippen LogP contribution in [0.15, 0.2) is 53.2 Å². The van der Waals surface area contributed by atoms with Crippen LogP contribution in [0.5, 0.6) is 11.5 Å². The third-order valence-corrected chi connectivity index (χ3v) is 6.09. The highest BCUT2D eigenvalue weighted by Crippen LogP contribution is 2.33. The molecule has 4 aromatic rings. The van der Waals surface area contributed by atoms with Crippen molar-refractivity contribution in [3.63, 3.8) is 0 Å². The molecule has 3 heterocycles. The largest absolute Gasteiger partial charge is 0.493 e. The molecule has 0 bridgehead atoms. The van der Waals surface area contributed by atoms with Gasteiger partial charge in [0.15, 0.2) is 17.1 Å². The Bertz CT molecular complexity index is 1130. The summed E-state index contributed by atoms with van der Waals surface area (Å²) in [5.41, 5.74) is 3.07. The van der Waals surface area contributed by atoms with Gasteiger partial charge < -0.3 is 23.9 Å². The Balaban J connectivity index is 1.11. The maximum atomic E-state index is 6.04. The van der Waals surface area contributed by atoms with Gasteiger partial charge in [-0.25, -0.2) is 0 Å². The predicted octanol–water partition coefficient (Wildman–Crippen LogP) is 4.97. The zero-order valence-corrected chi connectivity index (χ0v) is 17.3. The minimum absolute atomic E-state index is 0.485. The summed E-state index contributed by atoms with van der Waals surface area (Å²) in [6.07, 6.45) is 5.16. The van der Waals surface area contributed by atoms with E-state index in [4.69, 9.17) is 14.0 Å². The lowest BCUT2D eigenvalue weighted by Gasteiger charge is -2.31. The van der Waals surface area contributed by atoms with Gasteiger partial charge in [-0.05, 0) is 56.6 Å². The summed E-state index contributed by atoms with van der Waals surface area (Å²) in [6.45, 7) is 3.90. The van der Waals surface area contributed by atoms with Crippen LogP contribution in [0.25, 0.3) is 21.9 Å². The van der Waals surface area contributed by atoms with Crippen LogP contribution in [-0.4, -0.2) is 48.4 Å². The van der Waals surface area contributed by atoms with Crippen LogP contribution < -0.4 is 9.47 Å². The second-order valence-electron chi connectivity index (χ2n) is 7.95. The third kappa shape index (κ3) is 3.75. The van der Waals surface area contributed by atoms with E-state index in [2.05, 4.69) is 27.2 Å². The van der Waals surface area contributed by atoms with Crippen LogP contribution in [-0.2, 0) is 0 Å². The minimum atomic E-state index is 0.485. The smallest absolute Gasteiger partial charge is 0.167 e. The average Bonchev–Trinajstić information content (AvgIpc) is 3.43. The molecule has 0 atom stereocenters. The molecule has 0 radical (unpaired) electrons. The number of aromatic amines is 1. The number of benzene rings is 2. The fraction of sp³-hybridized carbons (Fsp3) is 0.375. The first-order valence-corrected chi connectivity index (χ1v) is 10.7. The van der Waals surface area contributed by atoms with E-state index >= 15 is 0 Å². The van der Waals surface area contributed by atoms with Crippen LogP contribution >= 0.6 is 0 Å². The maximum Gasteiger partial charge on any atom is 0.167 e. The number of nitrogens with zero attached hydrogens (tertiary/aromatic N) is 2. The SMILES string of the molecule is COc1cc2[nH]ccc2cc1OCCCN1CCC(c2noc3ccccc23)CC1. The molecule has 1 saturated heterocycles. The van der Waals surface area contributed by atoms with Crippen molar-refractivity contribution in [2.24, 2.45) is 0 Å². The Labute approximate surface area is 175 Å². The summed E-state index contributed by atoms with van der Waals surface area (Å²) < 4.78 is 17.0. The fourth-order valence-electron chi connectivity index (χ4n) is 4.43. The molecule has 0 spiro atoms. The van der Waals surface area contributed by atoms with Crippen molar-refractivity contribution in [3.05, 3.63) is 54.4 Å². The molecule has 0 aliphatic carbocycles. The molecular formula is C24H27N3O3. The first-order chi connectivity index (χ1) is 14.8. The quantitative estimate of drug-likeness (QED) is 0.440. The number of methoxy groups -OCH3 is 1. The van der Waals surface area contributed by atoms with E-state index in [1.807, 2.05) is 36.5 Å². The van der Waals surface area contributed by atoms with Crippen LogP contribution in [0, 0.1) is 0 Å². The second-order valence-corrected chi connectivity index (χ2v) is 7.95. The van der Waals surface area contributed by atoms with E-state index < -0.39 is 0 Å². The monoisotopic (exact) mass is 405 g/mol. The minimum Gasteiger partial charge on any atom is -0.493 e. The van der Waals surface area contributed by atoms with Gasteiger partial charge in [0.1, 0.15) is 0 Å². The molecule has 1 fully saturated rings. The Morgan fingerprint density at radius 1 is 1.13 bits per heavy atom. The molecule has 1 N–H and O–H groups in total. The van der Waals surface area contributed by atoms with Gasteiger partial charge in [-0.1, -0.05) is 17.3 Å². The zero-order chi connectivity index (χ0) is 20.3. The summed E-state index contributed by atoms with van der Waals surface area (Å²) >= 11 is 0. The molecule has 2 aromatic heterocycles. The topological polar surface area (TPSA) is 63.5 Å². The lowest BCUT2D eigenvalue weighted by molar-refractivity contribution is 0.189. The molecule has 6 nitrogen and oxygen atoms in total. The van der Waals surface area contributed by atoms with Gasteiger partial charge in [0, 0.05) is 41.0 Å². The van der Waals surface area contributed by atoms with Crippen molar-refractivity contribution < 1.29 is 14.0 Å². The number of rotatable bonds is 7. The van der Waals surface area contributed by atoms with Crippen LogP contribution in [0.1, 0.15) is 30.9 Å². The van der Waals surface area contributed by atoms with E-state index in [0.29, 0.717) is 12.5 Å². The Morgan fingerprint density at radius 2 is 2.00 bits per heavy atom. The van der Waals surface area contributed by atoms with Crippen LogP contribution in [0.3, 0.4) is 0 Å². The third-order valence-electron chi connectivity index (χ3n) is 6.09. The summed E-state index contributed by atoms with van der Waals surface area (Å²) in [4.78, 5) is 5.73. The van der Waals surface area contributed by atoms with Gasteiger partial charge in [0.2, 0.25) is 0 Å². The number of ether oxygens (including phenoxy) is 2. The molecule has 156 valence electrons. The molecule has 0 unspecified atom stereocenters. The fourth-order valence-corrected chi connectivity index (χ4v) is 4.43. The van der Waals surface area contributed by atoms with Gasteiger partial charge >= 0.3 is 0 Å². The van der Waals surface area contributed by atoms with Crippen molar-refractivity contribution in [3.8, 4) is 11.5 Å². The van der Waals surface area contributed by atoms with Crippen molar-refractivity contribution in [1.82, 2.24) is 15.0 Å². The van der Waals surface area contributed by atoms with Crippen molar-refractivity contribution >= 4 is 21.9 Å². The lowest BCUT2D eigenvalue weighted by atomic mass is 9.91. The molecule has 0 amide bonds. The van der Waals surface area contributed by atoms with E-state index in [1.165, 1.54) is 0 Å². The van der Waals surface area contributed by atoms with Crippen molar-refractivity contribution in [2.75, 3.05) is 33.4 Å². The molecule has 0 saturated carbocycles. The van der Waals surface area contributed by atoms with Crippen LogP contribution in [0.2, 0.25) is 0 Å². The zero-order valence-electron chi connectivity index (χ0n) is 17.3. The number of fused-ring (bicyclic) bond motifs is 2. The molecule has 1 aliphatic heterocycles. The summed E-state index contributed by atoms with van der Waals surface area (Å²) in [7, 11) is 1.68. The van der Waals surface area contributed by atoms with E-state index in [0.717, 1.165) is 78.0 Å². The van der Waals surface area contributed by atoms with E-state index in [9.17, 15) is 0 Å². The number of para-hydroxylation sites is 1. The highest BCUT2D eigenvalue weighted by atomic mass is 16.5. The van der Waals surface area contributed by atoms with Gasteiger partial charge in [-0.3, -0.25) is 0 Å². The second kappa shape index (κ2) is 8.40. The lowest BCUT2D eigenvalue weighted by Crippen LogP contribution is -2.34. The maximum absolute atomic E-state index is 6.04. The van der Waals surface area contributed by atoms with Gasteiger partial charge in [-0.2, -0.15) is 0 Å². The molecule has 30 heavy (non-hydrogen) atoms. The number of hydrogen-bond donors (Lipinski definition) is 1. The van der Waals surface area contributed by atoms with Gasteiger partial charge in [0.25, 0.3) is 0 Å². The summed E-state index contributed by atoms with van der Waals surface area (Å²) in [6, 6.07) is 14.2. The molecule has 2 aromatic carbocycles. The number of H-pyrrole nitrogens is 1. The normalized spacial score (nSPS) is 15.8.